The van der Waals surface area contributed by atoms with Gasteiger partial charge in [0.2, 0.25) is 11.8 Å². The van der Waals surface area contributed by atoms with Crippen molar-refractivity contribution in [2.24, 2.45) is 5.92 Å². The standard InChI is InChI=1S/C15H23NO7S/c1-8-13(21)10(7-17)23-15(14(8)22-9(2)18)24-6-5-16-11(19)3-4-12(16)20/h8,10,13-15,17,21H,3-7H2,1-2H3. The molecule has 2 rings (SSSR count). The molecule has 2 saturated heterocycles. The van der Waals surface area contributed by atoms with Crippen LogP contribution in [0.2, 0.25) is 0 Å². The van der Waals surface area contributed by atoms with Crippen molar-refractivity contribution in [2.45, 2.75) is 50.4 Å². The topological polar surface area (TPSA) is 113 Å². The molecule has 24 heavy (non-hydrogen) atoms. The Bertz CT molecular complexity index is 484. The van der Waals surface area contributed by atoms with E-state index in [1.54, 1.807) is 6.92 Å². The van der Waals surface area contributed by atoms with Crippen molar-refractivity contribution in [3.63, 3.8) is 0 Å². The lowest BCUT2D eigenvalue weighted by molar-refractivity contribution is -0.197. The highest BCUT2D eigenvalue weighted by molar-refractivity contribution is 7.99. The highest BCUT2D eigenvalue weighted by Gasteiger charge is 2.44. The summed E-state index contributed by atoms with van der Waals surface area (Å²) in [5, 5.41) is 19.5. The number of hydrogen-bond donors (Lipinski definition) is 2. The lowest BCUT2D eigenvalue weighted by Crippen LogP contribution is -2.54. The first-order valence-corrected chi connectivity index (χ1v) is 8.96. The van der Waals surface area contributed by atoms with Crippen molar-refractivity contribution in [3.8, 4) is 0 Å². The van der Waals surface area contributed by atoms with Crippen LogP contribution < -0.4 is 0 Å². The summed E-state index contributed by atoms with van der Waals surface area (Å²) in [4.78, 5) is 35.7. The van der Waals surface area contributed by atoms with Gasteiger partial charge in [-0.2, -0.15) is 0 Å². The normalized spacial score (nSPS) is 33.8. The van der Waals surface area contributed by atoms with Crippen LogP contribution in [0, 0.1) is 5.92 Å². The smallest absolute Gasteiger partial charge is 0.303 e. The molecular formula is C15H23NO7S. The average Bonchev–Trinajstić information content (AvgIpc) is 2.85. The first kappa shape index (κ1) is 19.2. The van der Waals surface area contributed by atoms with Crippen LogP contribution >= 0.6 is 11.8 Å². The first-order valence-electron chi connectivity index (χ1n) is 7.91. The predicted octanol–water partition coefficient (Wildman–Crippen LogP) is -0.485. The summed E-state index contributed by atoms with van der Waals surface area (Å²) in [5.74, 6) is -0.841. The van der Waals surface area contributed by atoms with Crippen LogP contribution in [0.4, 0.5) is 0 Å². The third-order valence-corrected chi connectivity index (χ3v) is 5.37. The van der Waals surface area contributed by atoms with Crippen molar-refractivity contribution in [1.29, 1.82) is 0 Å². The molecule has 2 amide bonds. The van der Waals surface area contributed by atoms with E-state index in [1.165, 1.54) is 23.6 Å². The number of esters is 1. The minimum Gasteiger partial charge on any atom is -0.458 e. The summed E-state index contributed by atoms with van der Waals surface area (Å²) in [5.41, 5.74) is -0.586. The Morgan fingerprint density at radius 2 is 2.00 bits per heavy atom. The fourth-order valence-corrected chi connectivity index (χ4v) is 4.12. The monoisotopic (exact) mass is 361 g/mol. The second-order valence-corrected chi connectivity index (χ2v) is 7.17. The minimum atomic E-state index is -0.946. The summed E-state index contributed by atoms with van der Waals surface area (Å²) in [7, 11) is 0. The van der Waals surface area contributed by atoms with Gasteiger partial charge in [0, 0.05) is 38.0 Å². The molecule has 5 unspecified atom stereocenters. The molecule has 9 heteroatoms. The fourth-order valence-electron chi connectivity index (χ4n) is 2.88. The fraction of sp³-hybridized carbons (Fsp3) is 0.800. The molecular weight excluding hydrogens is 338 g/mol. The van der Waals surface area contributed by atoms with Gasteiger partial charge in [-0.3, -0.25) is 19.3 Å². The molecule has 136 valence electrons. The van der Waals surface area contributed by atoms with Gasteiger partial charge in [-0.25, -0.2) is 0 Å². The van der Waals surface area contributed by atoms with Crippen molar-refractivity contribution in [3.05, 3.63) is 0 Å². The zero-order valence-corrected chi connectivity index (χ0v) is 14.5. The zero-order chi connectivity index (χ0) is 17.9. The summed E-state index contributed by atoms with van der Waals surface area (Å²) in [6.45, 7) is 2.92. The Morgan fingerprint density at radius 1 is 1.38 bits per heavy atom. The molecule has 0 aromatic heterocycles. The molecule has 2 aliphatic heterocycles. The number of ether oxygens (including phenoxy) is 2. The summed E-state index contributed by atoms with van der Waals surface area (Å²) >= 11 is 1.30. The van der Waals surface area contributed by atoms with Crippen molar-refractivity contribution < 1.29 is 34.1 Å². The number of rotatable bonds is 6. The van der Waals surface area contributed by atoms with Crippen LogP contribution in [0.3, 0.4) is 0 Å². The molecule has 0 bridgehead atoms. The van der Waals surface area contributed by atoms with Crippen molar-refractivity contribution in [1.82, 2.24) is 4.90 Å². The van der Waals surface area contributed by atoms with Crippen LogP contribution in [-0.4, -0.2) is 75.5 Å². The molecule has 5 atom stereocenters. The van der Waals surface area contributed by atoms with Crippen LogP contribution in [0.5, 0.6) is 0 Å². The molecule has 2 N–H and O–H groups in total. The number of likely N-dealkylation sites (tertiary alicyclic amines) is 1. The molecule has 0 aromatic carbocycles. The largest absolute Gasteiger partial charge is 0.458 e. The molecule has 2 fully saturated rings. The van der Waals surface area contributed by atoms with Crippen LogP contribution in [0.25, 0.3) is 0 Å². The molecule has 8 nitrogen and oxygen atoms in total. The number of aliphatic hydroxyl groups excluding tert-OH is 2. The van der Waals surface area contributed by atoms with Crippen LogP contribution in [0.15, 0.2) is 0 Å². The number of amides is 2. The lowest BCUT2D eigenvalue weighted by atomic mass is 9.91. The van der Waals surface area contributed by atoms with Gasteiger partial charge >= 0.3 is 5.97 Å². The number of thioether (sulfide) groups is 1. The number of imide groups is 1. The van der Waals surface area contributed by atoms with Gasteiger partial charge in [0.1, 0.15) is 17.6 Å². The third-order valence-electron chi connectivity index (χ3n) is 4.25. The molecule has 0 aliphatic carbocycles. The molecule has 0 saturated carbocycles. The average molecular weight is 361 g/mol. The maximum absolute atomic E-state index is 11.6. The highest BCUT2D eigenvalue weighted by atomic mass is 32.2. The summed E-state index contributed by atoms with van der Waals surface area (Å²) in [6.07, 6.45) is -1.89. The Morgan fingerprint density at radius 3 is 2.54 bits per heavy atom. The van der Waals surface area contributed by atoms with Gasteiger partial charge in [-0.1, -0.05) is 6.92 Å². The zero-order valence-electron chi connectivity index (χ0n) is 13.7. The van der Waals surface area contributed by atoms with Gasteiger partial charge in [-0.15, -0.1) is 11.8 Å². The van der Waals surface area contributed by atoms with Crippen LogP contribution in [0.1, 0.15) is 26.7 Å². The minimum absolute atomic E-state index is 0.182. The van der Waals surface area contributed by atoms with Gasteiger partial charge < -0.3 is 19.7 Å². The molecule has 0 aromatic rings. The SMILES string of the molecule is CC(=O)OC1C(SCCN2C(=O)CCC2=O)OC(CO)C(O)C1C. The van der Waals surface area contributed by atoms with E-state index in [9.17, 15) is 24.6 Å². The van der Waals surface area contributed by atoms with Crippen LogP contribution in [-0.2, 0) is 23.9 Å². The first-order chi connectivity index (χ1) is 11.3. The number of nitrogens with zero attached hydrogens (tertiary/aromatic N) is 1. The second kappa shape index (κ2) is 8.28. The quantitative estimate of drug-likeness (QED) is 0.481. The van der Waals surface area contributed by atoms with E-state index in [0.717, 1.165) is 0 Å². The Kier molecular flexibility index (Phi) is 6.62. The van der Waals surface area contributed by atoms with Gasteiger partial charge in [0.15, 0.2) is 0 Å². The number of carbonyl (C=O) groups excluding carboxylic acids is 3. The van der Waals surface area contributed by atoms with Crippen molar-refractivity contribution in [2.75, 3.05) is 18.9 Å². The van der Waals surface area contributed by atoms with Gasteiger partial charge in [-0.05, 0) is 0 Å². The molecule has 2 heterocycles. The Balaban J connectivity index is 1.97. The number of aliphatic hydroxyl groups is 2. The van der Waals surface area contributed by atoms with E-state index >= 15 is 0 Å². The number of hydrogen-bond acceptors (Lipinski definition) is 8. The van der Waals surface area contributed by atoms with E-state index in [2.05, 4.69) is 0 Å². The Labute approximate surface area is 144 Å². The van der Waals surface area contributed by atoms with E-state index in [0.29, 0.717) is 5.75 Å². The van der Waals surface area contributed by atoms with Crippen molar-refractivity contribution >= 4 is 29.5 Å². The lowest BCUT2D eigenvalue weighted by Gasteiger charge is -2.42. The summed E-state index contributed by atoms with van der Waals surface area (Å²) < 4.78 is 10.9. The van der Waals surface area contributed by atoms with E-state index in [4.69, 9.17) is 9.47 Å². The van der Waals surface area contributed by atoms with E-state index in [-0.39, 0.29) is 37.8 Å². The van der Waals surface area contributed by atoms with Gasteiger partial charge in [0.05, 0.1) is 12.7 Å². The maximum atomic E-state index is 11.6. The Hall–Kier alpha value is -1.16. The molecule has 0 radical (unpaired) electrons. The second-order valence-electron chi connectivity index (χ2n) is 5.96. The van der Waals surface area contributed by atoms with Gasteiger partial charge in [0.25, 0.3) is 0 Å². The summed E-state index contributed by atoms with van der Waals surface area (Å²) in [6, 6.07) is 0. The van der Waals surface area contributed by atoms with E-state index in [1.807, 2.05) is 0 Å². The van der Waals surface area contributed by atoms with E-state index < -0.39 is 35.6 Å². The number of carbonyl (C=O) groups is 3. The molecule has 2 aliphatic rings. The predicted molar refractivity (Wildman–Crippen MR) is 84.9 cm³/mol. The third kappa shape index (κ3) is 4.27. The maximum Gasteiger partial charge on any atom is 0.303 e. The highest BCUT2D eigenvalue weighted by Crippen LogP contribution is 2.34. The molecule has 0 spiro atoms.